The summed E-state index contributed by atoms with van der Waals surface area (Å²) in [5.74, 6) is -1.50. The maximum Gasteiger partial charge on any atom is 0.156 e. The third-order valence-corrected chi connectivity index (χ3v) is 0. The molecule has 0 aromatic carbocycles. The molecule has 0 aliphatic rings. The van der Waals surface area contributed by atoms with E-state index in [0.29, 0.717) is 0 Å². The highest BCUT2D eigenvalue weighted by atomic mass is 16.5. The van der Waals surface area contributed by atoms with E-state index in [1.54, 1.807) is 0 Å². The van der Waals surface area contributed by atoms with Gasteiger partial charge in [-0.1, -0.05) is 7.43 Å². The van der Waals surface area contributed by atoms with E-state index in [1.807, 2.05) is 0 Å². The van der Waals surface area contributed by atoms with Crippen LogP contribution in [-0.4, -0.2) is 16.0 Å². The summed E-state index contributed by atoms with van der Waals surface area (Å²) in [4.78, 5) is 0. The molecule has 6 heavy (non-hydrogen) atoms. The highest BCUT2D eigenvalue weighted by Crippen LogP contribution is 1.88. The van der Waals surface area contributed by atoms with E-state index in [4.69, 9.17) is 10.2 Å². The quantitative estimate of drug-likeness (QED) is 0.423. The van der Waals surface area contributed by atoms with Crippen LogP contribution in [0.15, 0.2) is 0 Å². The molecule has 0 spiro atoms. The Hall–Kier alpha value is -0.0800. The first kappa shape index (κ1) is 9.33. The summed E-state index contributed by atoms with van der Waals surface area (Å²) in [6.45, 7) is 2.60. The molecule has 0 rings (SSSR count). The fourth-order valence-corrected chi connectivity index (χ4v) is 0. The van der Waals surface area contributed by atoms with Crippen molar-refractivity contribution in [1.82, 2.24) is 0 Å². The van der Waals surface area contributed by atoms with Crippen molar-refractivity contribution in [2.24, 2.45) is 0 Å². The summed E-state index contributed by atoms with van der Waals surface area (Å²) in [5, 5.41) is 16.2. The highest BCUT2D eigenvalue weighted by molar-refractivity contribution is 4.37. The molecule has 0 radical (unpaired) electrons. The second kappa shape index (κ2) is 2.16. The monoisotopic (exact) mass is 92.1 g/mol. The van der Waals surface area contributed by atoms with Gasteiger partial charge in [0.2, 0.25) is 0 Å². The smallest absolute Gasteiger partial charge is 0.156 e. The molecular formula is C4H12O2. The summed E-state index contributed by atoms with van der Waals surface area (Å²) >= 11 is 0. The molecule has 0 bridgehead atoms. The van der Waals surface area contributed by atoms with Gasteiger partial charge in [0.1, 0.15) is 0 Å². The van der Waals surface area contributed by atoms with Crippen molar-refractivity contribution in [1.29, 1.82) is 0 Å². The van der Waals surface area contributed by atoms with Gasteiger partial charge in [0.05, 0.1) is 0 Å². The fraction of sp³-hybridized carbons (Fsp3) is 1.00. The van der Waals surface area contributed by atoms with Crippen LogP contribution in [0.2, 0.25) is 0 Å². The van der Waals surface area contributed by atoms with Gasteiger partial charge < -0.3 is 10.2 Å². The fourth-order valence-electron chi connectivity index (χ4n) is 0. The molecule has 0 unspecified atom stereocenters. The maximum atomic E-state index is 8.08. The average molecular weight is 92.1 g/mol. The normalized spacial score (nSPS) is 10.0. The Morgan fingerprint density at radius 1 is 1.17 bits per heavy atom. The minimum Gasteiger partial charge on any atom is -0.366 e. The molecule has 0 heterocycles. The van der Waals surface area contributed by atoms with Gasteiger partial charge in [0.15, 0.2) is 5.79 Å². The lowest BCUT2D eigenvalue weighted by molar-refractivity contribution is -0.127. The Morgan fingerprint density at radius 3 is 1.17 bits per heavy atom. The van der Waals surface area contributed by atoms with Crippen molar-refractivity contribution < 1.29 is 10.2 Å². The van der Waals surface area contributed by atoms with Gasteiger partial charge in [-0.3, -0.25) is 0 Å². The standard InChI is InChI=1S/C3H8O2.CH4/c1-3(2,4)5;/h4-5H,1-2H3;1H4. The SMILES string of the molecule is C.CC(C)(O)O. The Morgan fingerprint density at radius 2 is 1.17 bits per heavy atom. The van der Waals surface area contributed by atoms with E-state index in [1.165, 1.54) is 13.8 Å². The van der Waals surface area contributed by atoms with Crippen molar-refractivity contribution in [3.05, 3.63) is 0 Å². The lowest BCUT2D eigenvalue weighted by atomic mass is 10.4. The van der Waals surface area contributed by atoms with Gasteiger partial charge in [-0.25, -0.2) is 0 Å². The molecule has 0 atom stereocenters. The van der Waals surface area contributed by atoms with E-state index in [2.05, 4.69) is 0 Å². The minimum absolute atomic E-state index is 0. The Kier molecular flexibility index (Phi) is 3.35. The molecule has 0 saturated heterocycles. The lowest BCUT2D eigenvalue weighted by Crippen LogP contribution is -2.15. The van der Waals surface area contributed by atoms with Crippen molar-refractivity contribution in [2.45, 2.75) is 27.1 Å². The van der Waals surface area contributed by atoms with E-state index in [9.17, 15) is 0 Å². The number of hydrogen-bond donors (Lipinski definition) is 2. The Balaban J connectivity index is 0. The summed E-state index contributed by atoms with van der Waals surface area (Å²) in [6, 6.07) is 0. The molecule has 0 amide bonds. The molecule has 0 aromatic heterocycles. The Bertz CT molecular complexity index is 21.0. The van der Waals surface area contributed by atoms with Gasteiger partial charge in [-0.05, 0) is 13.8 Å². The first-order chi connectivity index (χ1) is 2.00. The molecule has 40 valence electrons. The zero-order valence-corrected chi connectivity index (χ0v) is 3.39. The van der Waals surface area contributed by atoms with Gasteiger partial charge in [-0.15, -0.1) is 0 Å². The molecule has 0 fully saturated rings. The van der Waals surface area contributed by atoms with Crippen molar-refractivity contribution in [2.75, 3.05) is 0 Å². The van der Waals surface area contributed by atoms with Gasteiger partial charge in [-0.2, -0.15) is 0 Å². The summed E-state index contributed by atoms with van der Waals surface area (Å²) in [5.41, 5.74) is 0. The maximum absolute atomic E-state index is 8.08. The number of rotatable bonds is 0. The van der Waals surface area contributed by atoms with Crippen molar-refractivity contribution >= 4 is 0 Å². The van der Waals surface area contributed by atoms with Gasteiger partial charge in [0, 0.05) is 0 Å². The number of hydrogen-bond acceptors (Lipinski definition) is 2. The zero-order chi connectivity index (χ0) is 4.50. The molecule has 0 aromatic rings. The van der Waals surface area contributed by atoms with E-state index < -0.39 is 5.79 Å². The second-order valence-corrected chi connectivity index (χ2v) is 1.49. The van der Waals surface area contributed by atoms with Crippen LogP contribution in [-0.2, 0) is 0 Å². The van der Waals surface area contributed by atoms with Crippen LogP contribution in [0.25, 0.3) is 0 Å². The summed E-state index contributed by atoms with van der Waals surface area (Å²) < 4.78 is 0. The lowest BCUT2D eigenvalue weighted by Gasteiger charge is -2.03. The average Bonchev–Trinajstić information content (AvgIpc) is 0.722. The summed E-state index contributed by atoms with van der Waals surface area (Å²) in [6.07, 6.45) is 0. The van der Waals surface area contributed by atoms with Crippen LogP contribution in [0, 0.1) is 0 Å². The second-order valence-electron chi connectivity index (χ2n) is 1.49. The van der Waals surface area contributed by atoms with E-state index >= 15 is 0 Å². The van der Waals surface area contributed by atoms with E-state index in [-0.39, 0.29) is 7.43 Å². The van der Waals surface area contributed by atoms with Gasteiger partial charge in [0.25, 0.3) is 0 Å². The van der Waals surface area contributed by atoms with Crippen LogP contribution in [0.1, 0.15) is 21.3 Å². The largest absolute Gasteiger partial charge is 0.366 e. The predicted molar refractivity (Wildman–Crippen MR) is 25.2 cm³/mol. The zero-order valence-electron chi connectivity index (χ0n) is 3.39. The van der Waals surface area contributed by atoms with Crippen LogP contribution in [0.3, 0.4) is 0 Å². The first-order valence-corrected chi connectivity index (χ1v) is 1.45. The molecule has 2 N–H and O–H groups in total. The van der Waals surface area contributed by atoms with Crippen LogP contribution in [0.4, 0.5) is 0 Å². The van der Waals surface area contributed by atoms with Crippen molar-refractivity contribution in [3.8, 4) is 0 Å². The highest BCUT2D eigenvalue weighted by Gasteiger charge is 2.00. The summed E-state index contributed by atoms with van der Waals surface area (Å²) in [7, 11) is 0. The topological polar surface area (TPSA) is 40.5 Å². The van der Waals surface area contributed by atoms with Crippen LogP contribution < -0.4 is 0 Å². The third kappa shape index (κ3) is 5220. The van der Waals surface area contributed by atoms with Crippen LogP contribution >= 0.6 is 0 Å². The number of aliphatic hydroxyl groups is 2. The van der Waals surface area contributed by atoms with Crippen molar-refractivity contribution in [3.63, 3.8) is 0 Å². The van der Waals surface area contributed by atoms with E-state index in [0.717, 1.165) is 0 Å². The van der Waals surface area contributed by atoms with Gasteiger partial charge >= 0.3 is 0 Å². The molecule has 0 aliphatic heterocycles. The molecule has 2 nitrogen and oxygen atoms in total. The minimum atomic E-state index is -1.50. The first-order valence-electron chi connectivity index (χ1n) is 1.45. The molecule has 0 aliphatic carbocycles. The molecule has 2 heteroatoms. The third-order valence-electron chi connectivity index (χ3n) is 0. The Labute approximate surface area is 38.4 Å². The van der Waals surface area contributed by atoms with Crippen LogP contribution in [0.5, 0.6) is 0 Å². The predicted octanol–water partition coefficient (Wildman–Crippen LogP) is 0.343. The molecule has 0 saturated carbocycles. The molecular weight excluding hydrogens is 80.0 g/mol.